The molecule has 0 amide bonds. The van der Waals surface area contributed by atoms with Gasteiger partial charge in [-0.15, -0.1) is 0 Å². The third-order valence-corrected chi connectivity index (χ3v) is 6.37. The Bertz CT molecular complexity index is 1500. The van der Waals surface area contributed by atoms with E-state index in [4.69, 9.17) is 9.47 Å². The lowest BCUT2D eigenvalue weighted by Crippen LogP contribution is -2.36. The fraction of sp³-hybridized carbons (Fsp3) is 0.259. The van der Waals surface area contributed by atoms with Crippen molar-refractivity contribution >= 4 is 22.5 Å². The number of aliphatic hydroxyl groups excluding tert-OH is 1. The SMILES string of the molecule is Cc1cc(Oc2ccccc2F)ncc1C(=O)c1c[nH]c2ncc(C#N)c(N[C@@H]3CC[C@@H](CO)OC3)c12. The van der Waals surface area contributed by atoms with Gasteiger partial charge in [-0.3, -0.25) is 4.79 Å². The molecule has 1 saturated heterocycles. The number of benzene rings is 1. The van der Waals surface area contributed by atoms with Crippen molar-refractivity contribution in [1.82, 2.24) is 15.0 Å². The maximum atomic E-state index is 14.0. The number of nitriles is 1. The van der Waals surface area contributed by atoms with Crippen molar-refractivity contribution in [2.24, 2.45) is 0 Å². The largest absolute Gasteiger partial charge is 0.436 e. The first-order valence-corrected chi connectivity index (χ1v) is 11.8. The van der Waals surface area contributed by atoms with Gasteiger partial charge in [0.25, 0.3) is 0 Å². The summed E-state index contributed by atoms with van der Waals surface area (Å²) in [5.74, 6) is -0.633. The number of rotatable bonds is 7. The summed E-state index contributed by atoms with van der Waals surface area (Å²) in [6.45, 7) is 2.07. The van der Waals surface area contributed by atoms with Crippen LogP contribution in [0.5, 0.6) is 11.6 Å². The second kappa shape index (κ2) is 10.3. The Hall–Kier alpha value is -4.33. The number of aliphatic hydroxyl groups is 1. The number of pyridine rings is 2. The van der Waals surface area contributed by atoms with Gasteiger partial charge in [-0.2, -0.15) is 5.26 Å². The highest BCUT2D eigenvalue weighted by atomic mass is 19.1. The fourth-order valence-corrected chi connectivity index (χ4v) is 4.39. The van der Waals surface area contributed by atoms with Crippen molar-refractivity contribution in [2.45, 2.75) is 31.9 Å². The van der Waals surface area contributed by atoms with E-state index in [0.717, 1.165) is 6.42 Å². The van der Waals surface area contributed by atoms with Crippen LogP contribution in [0, 0.1) is 24.1 Å². The molecule has 0 aliphatic carbocycles. The van der Waals surface area contributed by atoms with Crippen LogP contribution in [0.3, 0.4) is 0 Å². The summed E-state index contributed by atoms with van der Waals surface area (Å²) in [5, 5.41) is 22.9. The van der Waals surface area contributed by atoms with Crippen LogP contribution in [0.25, 0.3) is 11.0 Å². The summed E-state index contributed by atoms with van der Waals surface area (Å²) >= 11 is 0. The van der Waals surface area contributed by atoms with Crippen molar-refractivity contribution in [3.05, 3.63) is 77.0 Å². The average Bonchev–Trinajstić information content (AvgIpc) is 3.35. The van der Waals surface area contributed by atoms with Crippen molar-refractivity contribution in [1.29, 1.82) is 5.26 Å². The Morgan fingerprint density at radius 1 is 1.30 bits per heavy atom. The lowest BCUT2D eigenvalue weighted by Gasteiger charge is -2.29. The van der Waals surface area contributed by atoms with Crippen LogP contribution in [-0.2, 0) is 4.74 Å². The number of anilines is 1. The van der Waals surface area contributed by atoms with Crippen LogP contribution in [0.1, 0.15) is 39.9 Å². The van der Waals surface area contributed by atoms with Crippen LogP contribution < -0.4 is 10.1 Å². The molecule has 3 aromatic heterocycles. The Kier molecular flexibility index (Phi) is 6.81. The number of halogens is 1. The molecule has 10 heteroatoms. The lowest BCUT2D eigenvalue weighted by atomic mass is 9.98. The van der Waals surface area contributed by atoms with Crippen LogP contribution in [-0.4, -0.2) is 51.2 Å². The van der Waals surface area contributed by atoms with E-state index in [-0.39, 0.29) is 36.2 Å². The minimum absolute atomic E-state index is 0.0351. The number of hydrogen-bond donors (Lipinski definition) is 3. The van der Waals surface area contributed by atoms with E-state index in [2.05, 4.69) is 26.3 Å². The van der Waals surface area contributed by atoms with Gasteiger partial charge in [0.1, 0.15) is 11.7 Å². The summed E-state index contributed by atoms with van der Waals surface area (Å²) in [4.78, 5) is 25.2. The van der Waals surface area contributed by atoms with Crippen molar-refractivity contribution in [3.8, 4) is 17.7 Å². The number of ether oxygens (including phenoxy) is 2. The van der Waals surface area contributed by atoms with E-state index in [9.17, 15) is 19.6 Å². The normalized spacial score (nSPS) is 17.4. The average molecular weight is 502 g/mol. The maximum Gasteiger partial charge on any atom is 0.219 e. The molecule has 3 N–H and O–H groups in total. The summed E-state index contributed by atoms with van der Waals surface area (Å²) in [6.07, 6.45) is 5.63. The molecule has 0 radical (unpaired) electrons. The number of nitrogens with zero attached hydrogens (tertiary/aromatic N) is 3. The number of carbonyl (C=O) groups is 1. The third kappa shape index (κ3) is 4.87. The van der Waals surface area contributed by atoms with E-state index in [0.29, 0.717) is 52.0 Å². The van der Waals surface area contributed by atoms with Gasteiger partial charge in [0.2, 0.25) is 5.88 Å². The number of nitrogens with one attached hydrogen (secondary N) is 2. The molecule has 1 aliphatic heterocycles. The number of fused-ring (bicyclic) bond motifs is 1. The van der Waals surface area contributed by atoms with E-state index < -0.39 is 5.82 Å². The first-order chi connectivity index (χ1) is 18.0. The number of H-pyrrole nitrogens is 1. The van der Waals surface area contributed by atoms with Crippen LogP contribution in [0.4, 0.5) is 10.1 Å². The Morgan fingerprint density at radius 2 is 2.14 bits per heavy atom. The van der Waals surface area contributed by atoms with Crippen molar-refractivity contribution in [3.63, 3.8) is 0 Å². The molecule has 5 rings (SSSR count). The molecule has 1 aromatic carbocycles. The quantitative estimate of drug-likeness (QED) is 0.320. The topological polar surface area (TPSA) is 133 Å². The monoisotopic (exact) mass is 501 g/mol. The maximum absolute atomic E-state index is 14.0. The second-order valence-electron chi connectivity index (χ2n) is 8.84. The Labute approximate surface area is 211 Å². The van der Waals surface area contributed by atoms with Gasteiger partial charge in [0, 0.05) is 36.3 Å². The zero-order chi connectivity index (χ0) is 25.9. The highest BCUT2D eigenvalue weighted by Gasteiger charge is 2.26. The molecule has 1 fully saturated rings. The van der Waals surface area contributed by atoms with Gasteiger partial charge in [0.15, 0.2) is 17.3 Å². The molecule has 0 bridgehead atoms. The molecule has 0 unspecified atom stereocenters. The van der Waals surface area contributed by atoms with Crippen LogP contribution >= 0.6 is 0 Å². The Morgan fingerprint density at radius 3 is 2.84 bits per heavy atom. The number of carbonyl (C=O) groups excluding carboxylic acids is 1. The first kappa shape index (κ1) is 24.4. The van der Waals surface area contributed by atoms with Gasteiger partial charge >= 0.3 is 0 Å². The standard InChI is InChI=1S/C27H24FN5O4/c1-15-8-23(37-22-5-3-2-4-21(22)28)30-11-19(15)26(35)20-12-32-27-24(20)25(16(9-29)10-31-27)33-17-6-7-18(13-34)36-14-17/h2-5,8,10-12,17-18,34H,6-7,13-14H2,1H3,(H2,31,32,33)/t17-,18+/m1/s1. The molecular formula is C27H24FN5O4. The Balaban J connectivity index is 1.47. The number of aromatic nitrogens is 3. The summed E-state index contributed by atoms with van der Waals surface area (Å²) in [5.41, 5.74) is 2.52. The number of aromatic amines is 1. The molecule has 2 atom stereocenters. The molecule has 1 aliphatic rings. The number of aryl methyl sites for hydroxylation is 1. The molecule has 4 heterocycles. The van der Waals surface area contributed by atoms with Gasteiger partial charge in [0.05, 0.1) is 41.5 Å². The van der Waals surface area contributed by atoms with E-state index in [1.807, 2.05) is 0 Å². The zero-order valence-electron chi connectivity index (χ0n) is 20.0. The fourth-order valence-electron chi connectivity index (χ4n) is 4.39. The minimum Gasteiger partial charge on any atom is -0.436 e. The molecule has 0 spiro atoms. The van der Waals surface area contributed by atoms with E-state index >= 15 is 0 Å². The van der Waals surface area contributed by atoms with Gasteiger partial charge in [-0.05, 0) is 37.5 Å². The van der Waals surface area contributed by atoms with Crippen LogP contribution in [0.15, 0.2) is 48.9 Å². The van der Waals surface area contributed by atoms with Gasteiger partial charge < -0.3 is 24.9 Å². The molecule has 37 heavy (non-hydrogen) atoms. The van der Waals surface area contributed by atoms with E-state index in [1.165, 1.54) is 24.5 Å². The molecule has 0 saturated carbocycles. The molecular weight excluding hydrogens is 477 g/mol. The van der Waals surface area contributed by atoms with Crippen LogP contribution in [0.2, 0.25) is 0 Å². The first-order valence-electron chi connectivity index (χ1n) is 11.8. The lowest BCUT2D eigenvalue weighted by molar-refractivity contribution is -0.0223. The molecule has 9 nitrogen and oxygen atoms in total. The predicted molar refractivity (Wildman–Crippen MR) is 133 cm³/mol. The predicted octanol–water partition coefficient (Wildman–Crippen LogP) is 4.25. The van der Waals surface area contributed by atoms with Crippen molar-refractivity contribution < 1.29 is 23.8 Å². The molecule has 4 aromatic rings. The van der Waals surface area contributed by atoms with Gasteiger partial charge in [-0.1, -0.05) is 12.1 Å². The number of para-hydroxylation sites is 1. The minimum atomic E-state index is -0.517. The van der Waals surface area contributed by atoms with Gasteiger partial charge in [-0.25, -0.2) is 14.4 Å². The second-order valence-corrected chi connectivity index (χ2v) is 8.84. The summed E-state index contributed by atoms with van der Waals surface area (Å²) in [6, 6.07) is 9.62. The number of hydrogen-bond acceptors (Lipinski definition) is 8. The molecule has 188 valence electrons. The van der Waals surface area contributed by atoms with E-state index in [1.54, 1.807) is 31.3 Å². The number of ketones is 1. The zero-order valence-corrected chi connectivity index (χ0v) is 20.0. The van der Waals surface area contributed by atoms with Crippen molar-refractivity contribution in [2.75, 3.05) is 18.5 Å². The smallest absolute Gasteiger partial charge is 0.219 e. The summed E-state index contributed by atoms with van der Waals surface area (Å²) in [7, 11) is 0. The third-order valence-electron chi connectivity index (χ3n) is 6.37. The highest BCUT2D eigenvalue weighted by Crippen LogP contribution is 2.33. The highest BCUT2D eigenvalue weighted by molar-refractivity contribution is 6.19. The summed E-state index contributed by atoms with van der Waals surface area (Å²) < 4.78 is 25.2.